The molecule has 0 atom stereocenters. The van der Waals surface area contributed by atoms with Gasteiger partial charge in [0.1, 0.15) is 10.7 Å². The Hall–Kier alpha value is -1.86. The standard InChI is InChI=1S/C15H16ClNO5S/c1-8(2)21-15-12(23(4,19)20)6-5-10(13(15)16)14(18)11-7-9(3)22-17-11/h5-8H,1-4H3. The maximum Gasteiger partial charge on any atom is 0.216 e. The fraction of sp³-hybridized carbons (Fsp3) is 0.333. The van der Waals surface area contributed by atoms with Gasteiger partial charge in [-0.3, -0.25) is 4.79 Å². The first kappa shape index (κ1) is 17.5. The van der Waals surface area contributed by atoms with E-state index < -0.39 is 15.6 Å². The highest BCUT2D eigenvalue weighted by Crippen LogP contribution is 2.36. The van der Waals surface area contributed by atoms with Crippen molar-refractivity contribution in [1.29, 1.82) is 0 Å². The normalized spacial score (nSPS) is 11.7. The Labute approximate surface area is 139 Å². The molecule has 0 unspecified atom stereocenters. The molecule has 0 amide bonds. The Morgan fingerprint density at radius 2 is 2.00 bits per heavy atom. The third-order valence-electron chi connectivity index (χ3n) is 2.92. The maximum absolute atomic E-state index is 12.5. The Bertz CT molecular complexity index is 855. The fourth-order valence-electron chi connectivity index (χ4n) is 1.96. The first-order valence-electron chi connectivity index (χ1n) is 6.78. The van der Waals surface area contributed by atoms with Crippen LogP contribution in [0.1, 0.15) is 35.7 Å². The molecule has 0 radical (unpaired) electrons. The third kappa shape index (κ3) is 3.73. The zero-order chi connectivity index (χ0) is 17.4. The second-order valence-electron chi connectivity index (χ2n) is 5.35. The average Bonchev–Trinajstić information content (AvgIpc) is 2.85. The number of nitrogens with zero attached hydrogens (tertiary/aromatic N) is 1. The van der Waals surface area contributed by atoms with E-state index in [0.29, 0.717) is 5.76 Å². The van der Waals surface area contributed by atoms with Gasteiger partial charge < -0.3 is 9.26 Å². The number of aryl methyl sites for hydroxylation is 1. The molecule has 1 aromatic heterocycles. The van der Waals surface area contributed by atoms with Crippen molar-refractivity contribution in [3.63, 3.8) is 0 Å². The van der Waals surface area contributed by atoms with E-state index in [4.69, 9.17) is 20.9 Å². The highest BCUT2D eigenvalue weighted by atomic mass is 35.5. The first-order chi connectivity index (χ1) is 10.6. The quantitative estimate of drug-likeness (QED) is 0.764. The molecule has 0 spiro atoms. The molecule has 23 heavy (non-hydrogen) atoms. The molecular formula is C15H16ClNO5S. The minimum absolute atomic E-state index is 0.0322. The fourth-order valence-corrected chi connectivity index (χ4v) is 3.12. The molecule has 0 saturated heterocycles. The van der Waals surface area contributed by atoms with Gasteiger partial charge in [-0.05, 0) is 32.9 Å². The Kier molecular flexibility index (Phi) is 4.81. The van der Waals surface area contributed by atoms with E-state index in [0.717, 1.165) is 6.26 Å². The summed E-state index contributed by atoms with van der Waals surface area (Å²) in [6.45, 7) is 5.13. The topological polar surface area (TPSA) is 86.5 Å². The number of carbonyl (C=O) groups is 1. The van der Waals surface area contributed by atoms with Crippen LogP contribution in [0.3, 0.4) is 0 Å². The minimum atomic E-state index is -3.56. The largest absolute Gasteiger partial charge is 0.488 e. The van der Waals surface area contributed by atoms with Crippen LogP contribution in [-0.2, 0) is 9.84 Å². The number of halogens is 1. The van der Waals surface area contributed by atoms with Crippen molar-refractivity contribution < 1.29 is 22.5 Å². The van der Waals surface area contributed by atoms with Crippen molar-refractivity contribution in [1.82, 2.24) is 5.16 Å². The number of rotatable bonds is 5. The van der Waals surface area contributed by atoms with E-state index >= 15 is 0 Å². The molecule has 8 heteroatoms. The smallest absolute Gasteiger partial charge is 0.216 e. The molecule has 0 bridgehead atoms. The van der Waals surface area contributed by atoms with Crippen molar-refractivity contribution in [2.45, 2.75) is 31.8 Å². The summed E-state index contributed by atoms with van der Waals surface area (Å²) < 4.78 is 34.2. The summed E-state index contributed by atoms with van der Waals surface area (Å²) >= 11 is 6.25. The number of benzene rings is 1. The van der Waals surface area contributed by atoms with Crippen LogP contribution in [0.2, 0.25) is 5.02 Å². The molecular weight excluding hydrogens is 342 g/mol. The number of hydrogen-bond acceptors (Lipinski definition) is 6. The van der Waals surface area contributed by atoms with Gasteiger partial charge in [0, 0.05) is 17.9 Å². The maximum atomic E-state index is 12.5. The lowest BCUT2D eigenvalue weighted by Gasteiger charge is -2.16. The number of sulfone groups is 1. The molecule has 0 aliphatic carbocycles. The van der Waals surface area contributed by atoms with Crippen molar-refractivity contribution in [3.05, 3.63) is 40.2 Å². The van der Waals surface area contributed by atoms with E-state index in [-0.39, 0.29) is 33.0 Å². The lowest BCUT2D eigenvalue weighted by atomic mass is 10.1. The molecule has 2 aromatic rings. The number of carbonyl (C=O) groups excluding carboxylic acids is 1. The SMILES string of the molecule is Cc1cc(C(=O)c2ccc(S(C)(=O)=O)c(OC(C)C)c2Cl)no1. The third-order valence-corrected chi connectivity index (χ3v) is 4.41. The summed E-state index contributed by atoms with van der Waals surface area (Å²) in [4.78, 5) is 12.4. The molecule has 1 heterocycles. The van der Waals surface area contributed by atoms with Crippen molar-refractivity contribution in [2.75, 3.05) is 6.26 Å². The van der Waals surface area contributed by atoms with Crippen LogP contribution < -0.4 is 4.74 Å². The molecule has 2 rings (SSSR count). The Balaban J connectivity index is 2.61. The monoisotopic (exact) mass is 357 g/mol. The highest BCUT2D eigenvalue weighted by Gasteiger charge is 2.25. The van der Waals surface area contributed by atoms with E-state index in [9.17, 15) is 13.2 Å². The van der Waals surface area contributed by atoms with Gasteiger partial charge in [-0.2, -0.15) is 0 Å². The minimum Gasteiger partial charge on any atom is -0.488 e. The molecule has 0 saturated carbocycles. The summed E-state index contributed by atoms with van der Waals surface area (Å²) in [5.41, 5.74) is 0.190. The molecule has 6 nitrogen and oxygen atoms in total. The Morgan fingerprint density at radius 1 is 1.35 bits per heavy atom. The summed E-state index contributed by atoms with van der Waals surface area (Å²) in [6.07, 6.45) is 0.738. The van der Waals surface area contributed by atoms with Crippen LogP contribution in [0.25, 0.3) is 0 Å². The number of aromatic nitrogens is 1. The number of hydrogen-bond donors (Lipinski definition) is 0. The van der Waals surface area contributed by atoms with Crippen molar-refractivity contribution >= 4 is 27.2 Å². The van der Waals surface area contributed by atoms with Crippen molar-refractivity contribution in [2.24, 2.45) is 0 Å². The molecule has 124 valence electrons. The van der Waals surface area contributed by atoms with Crippen LogP contribution in [0.4, 0.5) is 0 Å². The molecule has 0 aliphatic heterocycles. The van der Waals surface area contributed by atoms with Crippen LogP contribution in [0.5, 0.6) is 5.75 Å². The highest BCUT2D eigenvalue weighted by molar-refractivity contribution is 7.90. The average molecular weight is 358 g/mol. The zero-order valence-corrected chi connectivity index (χ0v) is 14.7. The first-order valence-corrected chi connectivity index (χ1v) is 9.05. The summed E-state index contributed by atoms with van der Waals surface area (Å²) in [6, 6.07) is 4.13. The van der Waals surface area contributed by atoms with E-state index in [2.05, 4.69) is 5.16 Å². The predicted molar refractivity (Wildman–Crippen MR) is 85.0 cm³/mol. The summed E-state index contributed by atoms with van der Waals surface area (Å²) in [5, 5.41) is 3.59. The van der Waals surface area contributed by atoms with Crippen molar-refractivity contribution in [3.8, 4) is 5.75 Å². The second kappa shape index (κ2) is 6.33. The van der Waals surface area contributed by atoms with Crippen LogP contribution in [0, 0.1) is 6.92 Å². The summed E-state index contributed by atoms with van der Waals surface area (Å²) in [5.74, 6) is -0.0216. The Morgan fingerprint density at radius 3 is 2.48 bits per heavy atom. The van der Waals surface area contributed by atoms with Crippen LogP contribution >= 0.6 is 11.6 Å². The molecule has 0 fully saturated rings. The van der Waals surface area contributed by atoms with E-state index in [1.54, 1.807) is 20.8 Å². The molecule has 1 aromatic carbocycles. The number of ketones is 1. The van der Waals surface area contributed by atoms with Crippen LogP contribution in [0.15, 0.2) is 27.6 Å². The van der Waals surface area contributed by atoms with Gasteiger partial charge in [-0.1, -0.05) is 16.8 Å². The van der Waals surface area contributed by atoms with Gasteiger partial charge in [0.2, 0.25) is 5.78 Å². The van der Waals surface area contributed by atoms with Crippen LogP contribution in [-0.4, -0.2) is 31.7 Å². The van der Waals surface area contributed by atoms with Gasteiger partial charge in [-0.15, -0.1) is 0 Å². The molecule has 0 aliphatic rings. The molecule has 0 N–H and O–H groups in total. The summed E-state index contributed by atoms with van der Waals surface area (Å²) in [7, 11) is -3.56. The van der Waals surface area contributed by atoms with E-state index in [1.165, 1.54) is 18.2 Å². The predicted octanol–water partition coefficient (Wildman–Crippen LogP) is 3.06. The van der Waals surface area contributed by atoms with Gasteiger partial charge in [-0.25, -0.2) is 8.42 Å². The lowest BCUT2D eigenvalue weighted by molar-refractivity contribution is 0.102. The van der Waals surface area contributed by atoms with Gasteiger partial charge in [0.05, 0.1) is 11.1 Å². The van der Waals surface area contributed by atoms with Gasteiger partial charge >= 0.3 is 0 Å². The van der Waals surface area contributed by atoms with E-state index in [1.807, 2.05) is 0 Å². The zero-order valence-electron chi connectivity index (χ0n) is 13.1. The lowest BCUT2D eigenvalue weighted by Crippen LogP contribution is -2.12. The number of ether oxygens (including phenoxy) is 1. The second-order valence-corrected chi connectivity index (χ2v) is 7.71. The van der Waals surface area contributed by atoms with Gasteiger partial charge in [0.25, 0.3) is 0 Å². The van der Waals surface area contributed by atoms with Gasteiger partial charge in [0.15, 0.2) is 21.3 Å².